The topological polar surface area (TPSA) is 105 Å². The lowest BCUT2D eigenvalue weighted by atomic mass is 9.75. The summed E-state index contributed by atoms with van der Waals surface area (Å²) in [6.45, 7) is 12.7. The summed E-state index contributed by atoms with van der Waals surface area (Å²) in [7, 11) is -3.68. The van der Waals surface area contributed by atoms with Crippen LogP contribution >= 0.6 is 0 Å². The van der Waals surface area contributed by atoms with E-state index in [4.69, 9.17) is 8.71 Å². The molecule has 2 heterocycles. The number of fused-ring (bicyclic) bond motifs is 2. The number of benzene rings is 2. The van der Waals surface area contributed by atoms with Crippen molar-refractivity contribution in [1.82, 2.24) is 15.4 Å². The molecule has 0 bridgehead atoms. The Bertz CT molecular complexity index is 1470. The van der Waals surface area contributed by atoms with Gasteiger partial charge in [0.1, 0.15) is 12.1 Å². The number of hydrogen-bond acceptors (Lipinski definition) is 8. The van der Waals surface area contributed by atoms with Crippen LogP contribution in [0.4, 0.5) is 5.88 Å². The van der Waals surface area contributed by atoms with Gasteiger partial charge in [-0.25, -0.2) is 0 Å². The Hall–Kier alpha value is -2.95. The number of nitrogens with zero attached hydrogens (tertiary/aromatic N) is 3. The quantitative estimate of drug-likeness (QED) is 0.423. The van der Waals surface area contributed by atoms with Crippen molar-refractivity contribution in [2.75, 3.05) is 50.5 Å². The van der Waals surface area contributed by atoms with Gasteiger partial charge in [0.15, 0.2) is 0 Å². The Morgan fingerprint density at radius 3 is 2.46 bits per heavy atom. The molecule has 1 atom stereocenters. The summed E-state index contributed by atoms with van der Waals surface area (Å²) >= 11 is 0. The molecule has 1 amide bonds. The smallest absolute Gasteiger partial charge is 0.264 e. The predicted molar refractivity (Wildman–Crippen MR) is 152 cm³/mol. The number of hydrogen-bond donors (Lipinski definition) is 1. The second kappa shape index (κ2) is 10.2. The van der Waals surface area contributed by atoms with Gasteiger partial charge in [-0.1, -0.05) is 63.2 Å². The van der Waals surface area contributed by atoms with Crippen molar-refractivity contribution in [2.45, 2.75) is 51.0 Å². The molecule has 2 aromatic carbocycles. The molecule has 0 saturated carbocycles. The average molecular weight is 555 g/mol. The van der Waals surface area contributed by atoms with Gasteiger partial charge in [0, 0.05) is 49.6 Å². The zero-order valence-corrected chi connectivity index (χ0v) is 24.2. The lowest BCUT2D eigenvalue weighted by molar-refractivity contribution is -0.124. The fourth-order valence-electron chi connectivity index (χ4n) is 6.34. The first-order chi connectivity index (χ1) is 18.4. The zero-order valence-electron chi connectivity index (χ0n) is 23.4. The van der Waals surface area contributed by atoms with Gasteiger partial charge in [-0.2, -0.15) is 8.42 Å². The third kappa shape index (κ3) is 5.55. The Morgan fingerprint density at radius 1 is 1.05 bits per heavy atom. The van der Waals surface area contributed by atoms with Gasteiger partial charge in [-0.15, -0.1) is 0 Å². The van der Waals surface area contributed by atoms with Gasteiger partial charge in [0.05, 0.1) is 11.6 Å². The van der Waals surface area contributed by atoms with Crippen molar-refractivity contribution in [3.05, 3.63) is 59.2 Å². The van der Waals surface area contributed by atoms with Crippen LogP contribution in [0.25, 0.3) is 10.9 Å². The second-order valence-corrected chi connectivity index (χ2v) is 13.5. The van der Waals surface area contributed by atoms with Crippen molar-refractivity contribution in [1.29, 1.82) is 0 Å². The molecule has 210 valence electrons. The van der Waals surface area contributed by atoms with E-state index in [0.29, 0.717) is 0 Å². The lowest BCUT2D eigenvalue weighted by Gasteiger charge is -2.36. The number of carbonyl (C=O) groups is 1. The van der Waals surface area contributed by atoms with Crippen LogP contribution in [0.3, 0.4) is 0 Å². The van der Waals surface area contributed by atoms with E-state index in [0.717, 1.165) is 62.2 Å². The maximum atomic E-state index is 12.6. The van der Waals surface area contributed by atoms with Gasteiger partial charge in [0.25, 0.3) is 10.1 Å². The highest BCUT2D eigenvalue weighted by Gasteiger charge is 2.51. The van der Waals surface area contributed by atoms with E-state index in [9.17, 15) is 13.2 Å². The van der Waals surface area contributed by atoms with Crippen LogP contribution in [0.5, 0.6) is 0 Å². The molecule has 1 unspecified atom stereocenters. The molecule has 1 fully saturated rings. The summed E-state index contributed by atoms with van der Waals surface area (Å²) in [5.41, 5.74) is 3.94. The van der Waals surface area contributed by atoms with Crippen LogP contribution in [-0.4, -0.2) is 76.0 Å². The van der Waals surface area contributed by atoms with Crippen LogP contribution < -0.4 is 10.2 Å². The van der Waals surface area contributed by atoms with Crippen molar-refractivity contribution in [2.24, 2.45) is 0 Å². The van der Waals surface area contributed by atoms with Crippen molar-refractivity contribution >= 4 is 32.8 Å². The minimum Gasteiger partial charge on any atom is -0.350 e. The molecule has 2 aliphatic rings. The van der Waals surface area contributed by atoms with E-state index in [-0.39, 0.29) is 16.9 Å². The first-order valence-electron chi connectivity index (χ1n) is 13.5. The summed E-state index contributed by atoms with van der Waals surface area (Å²) < 4.78 is 33.0. The normalized spacial score (nSPS) is 20.7. The molecule has 3 aromatic rings. The first-order valence-corrected chi connectivity index (χ1v) is 15.3. The highest BCUT2D eigenvalue weighted by Crippen LogP contribution is 2.49. The maximum Gasteiger partial charge on any atom is 0.264 e. The Balaban J connectivity index is 1.21. The minimum absolute atomic E-state index is 0.203. The lowest BCUT2D eigenvalue weighted by Crippen LogP contribution is -2.53. The number of anilines is 1. The maximum absolute atomic E-state index is 12.6. The summed E-state index contributed by atoms with van der Waals surface area (Å²) in [4.78, 5) is 17.3. The van der Waals surface area contributed by atoms with Crippen LogP contribution in [-0.2, 0) is 36.3 Å². The molecule has 10 heteroatoms. The predicted octanol–water partition coefficient (Wildman–Crippen LogP) is 3.22. The molecule has 0 spiro atoms. The van der Waals surface area contributed by atoms with Gasteiger partial charge in [-0.3, -0.25) is 13.9 Å². The van der Waals surface area contributed by atoms with Crippen molar-refractivity contribution in [3.63, 3.8) is 0 Å². The third-order valence-corrected chi connectivity index (χ3v) is 8.91. The van der Waals surface area contributed by atoms with Crippen molar-refractivity contribution in [3.8, 4) is 0 Å². The number of nitrogens with one attached hydrogen (secondary N) is 1. The Labute approximate surface area is 230 Å². The minimum atomic E-state index is -3.68. The van der Waals surface area contributed by atoms with Crippen molar-refractivity contribution < 1.29 is 21.9 Å². The van der Waals surface area contributed by atoms with Gasteiger partial charge < -0.3 is 14.7 Å². The van der Waals surface area contributed by atoms with Crippen LogP contribution in [0, 0.1) is 0 Å². The van der Waals surface area contributed by atoms with Gasteiger partial charge in [-0.05, 0) is 35.2 Å². The number of carbonyl (C=O) groups excluding carboxylic acids is 1. The molecular formula is C29H38N4O5S. The molecule has 1 aliphatic carbocycles. The second-order valence-electron chi connectivity index (χ2n) is 11.9. The molecule has 9 nitrogen and oxygen atoms in total. The largest absolute Gasteiger partial charge is 0.350 e. The van der Waals surface area contributed by atoms with Crippen LogP contribution in [0.2, 0.25) is 0 Å². The van der Waals surface area contributed by atoms with E-state index < -0.39 is 22.6 Å². The summed E-state index contributed by atoms with van der Waals surface area (Å²) in [5, 5.41) is 8.31. The van der Waals surface area contributed by atoms with Crippen LogP contribution in [0.1, 0.15) is 44.4 Å². The molecular weight excluding hydrogens is 516 g/mol. The Kier molecular flexibility index (Phi) is 7.24. The first kappa shape index (κ1) is 27.6. The number of aromatic nitrogens is 1. The fraction of sp³-hybridized carbons (Fsp3) is 0.517. The summed E-state index contributed by atoms with van der Waals surface area (Å²) in [6.07, 6.45) is 1.88. The number of piperazine rings is 1. The number of amides is 1. The van der Waals surface area contributed by atoms with E-state index in [2.05, 4.69) is 72.2 Å². The molecule has 1 saturated heterocycles. The van der Waals surface area contributed by atoms with Gasteiger partial charge in [0.2, 0.25) is 11.8 Å². The van der Waals surface area contributed by atoms with E-state index in [1.165, 1.54) is 16.7 Å². The fourth-order valence-corrected chi connectivity index (χ4v) is 6.67. The molecule has 1 aliphatic heterocycles. The monoisotopic (exact) mass is 554 g/mol. The van der Waals surface area contributed by atoms with Crippen LogP contribution in [0.15, 0.2) is 47.0 Å². The zero-order chi connectivity index (χ0) is 28.0. The van der Waals surface area contributed by atoms with E-state index >= 15 is 0 Å². The number of rotatable bonds is 8. The highest BCUT2D eigenvalue weighted by atomic mass is 32.2. The SMILES string of the molecule is CC1(C)c2ccc(CCN3CCN(c4onc5ccccc45)CC3)cc2C(C)(C)C1NC(=O)COS(C)(=O)=O. The average Bonchev–Trinajstić information content (AvgIpc) is 3.38. The highest BCUT2D eigenvalue weighted by molar-refractivity contribution is 7.86. The molecule has 1 N–H and O–H groups in total. The third-order valence-electron chi connectivity index (χ3n) is 8.37. The molecule has 39 heavy (non-hydrogen) atoms. The van der Waals surface area contributed by atoms with E-state index in [1.54, 1.807) is 0 Å². The molecule has 5 rings (SSSR count). The molecule has 1 aromatic heterocycles. The summed E-state index contributed by atoms with van der Waals surface area (Å²) in [5.74, 6) is 0.426. The van der Waals surface area contributed by atoms with Gasteiger partial charge >= 0.3 is 0 Å². The van der Waals surface area contributed by atoms with E-state index in [1.807, 2.05) is 18.2 Å². The Morgan fingerprint density at radius 2 is 1.74 bits per heavy atom. The molecule has 0 radical (unpaired) electrons. The standard InChI is InChI=1S/C29H38N4O5S/c1-28(2)22-11-10-20(18-23(22)29(3,4)27(28)30-25(34)19-37-39(5,35)36)12-13-32-14-16-33(17-15-32)26-21-8-6-7-9-24(21)31-38-26/h6-11,18,27H,12-17,19H2,1-5H3,(H,30,34). The summed E-state index contributed by atoms with van der Waals surface area (Å²) in [6, 6.07) is 14.5.